The van der Waals surface area contributed by atoms with Gasteiger partial charge in [-0.15, -0.1) is 0 Å². The highest BCUT2D eigenvalue weighted by Gasteiger charge is 2.08. The molecule has 0 unspecified atom stereocenters. The van der Waals surface area contributed by atoms with Gasteiger partial charge in [-0.2, -0.15) is 0 Å². The topological polar surface area (TPSA) is 26.3 Å². The van der Waals surface area contributed by atoms with Crippen molar-refractivity contribution in [3.8, 4) is 5.75 Å². The SMILES string of the molecule is O=C(COc1cc(Cl)cc(Cl)c1)c1cccc(Cl)c1. The number of ketones is 1. The molecule has 2 aromatic carbocycles. The third-order valence-electron chi connectivity index (χ3n) is 2.35. The molecule has 0 saturated carbocycles. The Bertz CT molecular complexity index is 591. The van der Waals surface area contributed by atoms with Gasteiger partial charge in [0, 0.05) is 20.6 Å². The molecule has 0 aromatic heterocycles. The Morgan fingerprint density at radius 2 is 1.63 bits per heavy atom. The lowest BCUT2D eigenvalue weighted by molar-refractivity contribution is 0.0921. The number of carbonyl (C=O) groups is 1. The van der Waals surface area contributed by atoms with Crippen LogP contribution in [0.1, 0.15) is 10.4 Å². The van der Waals surface area contributed by atoms with E-state index in [0.29, 0.717) is 26.4 Å². The molecule has 0 spiro atoms. The normalized spacial score (nSPS) is 10.3. The van der Waals surface area contributed by atoms with E-state index in [2.05, 4.69) is 0 Å². The zero-order valence-electron chi connectivity index (χ0n) is 9.70. The molecule has 2 rings (SSSR count). The van der Waals surface area contributed by atoms with Gasteiger partial charge >= 0.3 is 0 Å². The van der Waals surface area contributed by atoms with Crippen LogP contribution in [0.15, 0.2) is 42.5 Å². The summed E-state index contributed by atoms with van der Waals surface area (Å²) in [6.45, 7) is -0.100. The molecule has 5 heteroatoms. The summed E-state index contributed by atoms with van der Waals surface area (Å²) in [6, 6.07) is 11.5. The third kappa shape index (κ3) is 4.13. The van der Waals surface area contributed by atoms with E-state index < -0.39 is 0 Å². The van der Waals surface area contributed by atoms with Crippen molar-refractivity contribution in [3.63, 3.8) is 0 Å². The quantitative estimate of drug-likeness (QED) is 0.749. The average Bonchev–Trinajstić information content (AvgIpc) is 2.35. The van der Waals surface area contributed by atoms with Crippen molar-refractivity contribution < 1.29 is 9.53 Å². The number of benzene rings is 2. The van der Waals surface area contributed by atoms with Crippen LogP contribution in [0.4, 0.5) is 0 Å². The molecule has 2 aromatic rings. The number of Topliss-reactive ketones (excluding diaryl/α,β-unsaturated/α-hetero) is 1. The van der Waals surface area contributed by atoms with E-state index >= 15 is 0 Å². The second-order valence-electron chi connectivity index (χ2n) is 3.83. The molecule has 0 amide bonds. The van der Waals surface area contributed by atoms with E-state index in [0.717, 1.165) is 0 Å². The molecule has 0 radical (unpaired) electrons. The molecule has 0 aliphatic heterocycles. The van der Waals surface area contributed by atoms with Crippen molar-refractivity contribution in [2.45, 2.75) is 0 Å². The first-order valence-electron chi connectivity index (χ1n) is 5.42. The zero-order chi connectivity index (χ0) is 13.8. The summed E-state index contributed by atoms with van der Waals surface area (Å²) >= 11 is 17.5. The summed E-state index contributed by atoms with van der Waals surface area (Å²) in [6.07, 6.45) is 0. The predicted octanol–water partition coefficient (Wildman–Crippen LogP) is 4.91. The lowest BCUT2D eigenvalue weighted by Gasteiger charge is -2.06. The fourth-order valence-electron chi connectivity index (χ4n) is 1.51. The van der Waals surface area contributed by atoms with Crippen LogP contribution in [0.3, 0.4) is 0 Å². The maximum Gasteiger partial charge on any atom is 0.200 e. The van der Waals surface area contributed by atoms with Gasteiger partial charge in [-0.3, -0.25) is 4.79 Å². The number of ether oxygens (including phenoxy) is 1. The van der Waals surface area contributed by atoms with Crippen molar-refractivity contribution in [1.29, 1.82) is 0 Å². The summed E-state index contributed by atoms with van der Waals surface area (Å²) in [5, 5.41) is 1.42. The van der Waals surface area contributed by atoms with Gasteiger partial charge in [0.1, 0.15) is 5.75 Å². The maximum absolute atomic E-state index is 11.9. The number of halogens is 3. The predicted molar refractivity (Wildman–Crippen MR) is 77.7 cm³/mol. The highest BCUT2D eigenvalue weighted by molar-refractivity contribution is 6.34. The molecule has 19 heavy (non-hydrogen) atoms. The smallest absolute Gasteiger partial charge is 0.200 e. The fraction of sp³-hybridized carbons (Fsp3) is 0.0714. The van der Waals surface area contributed by atoms with E-state index in [4.69, 9.17) is 39.5 Å². The van der Waals surface area contributed by atoms with Gasteiger partial charge in [-0.1, -0.05) is 46.9 Å². The van der Waals surface area contributed by atoms with Crippen molar-refractivity contribution in [1.82, 2.24) is 0 Å². The standard InChI is InChI=1S/C14H9Cl3O2/c15-10-3-1-2-9(4-10)14(18)8-19-13-6-11(16)5-12(17)7-13/h1-7H,8H2. The van der Waals surface area contributed by atoms with Crippen LogP contribution in [0.5, 0.6) is 5.75 Å². The molecule has 0 N–H and O–H groups in total. The van der Waals surface area contributed by atoms with Gasteiger partial charge in [-0.25, -0.2) is 0 Å². The number of hydrogen-bond donors (Lipinski definition) is 0. The summed E-state index contributed by atoms with van der Waals surface area (Å²) in [5.41, 5.74) is 0.501. The van der Waals surface area contributed by atoms with Gasteiger partial charge in [0.15, 0.2) is 12.4 Å². The van der Waals surface area contributed by atoms with E-state index in [1.54, 1.807) is 42.5 Å². The Balaban J connectivity index is 2.04. The molecule has 0 fully saturated rings. The van der Waals surface area contributed by atoms with Crippen LogP contribution >= 0.6 is 34.8 Å². The van der Waals surface area contributed by atoms with E-state index in [1.165, 1.54) is 0 Å². The lowest BCUT2D eigenvalue weighted by atomic mass is 10.1. The average molecular weight is 316 g/mol. The van der Waals surface area contributed by atoms with Crippen LogP contribution in [0.2, 0.25) is 15.1 Å². The van der Waals surface area contributed by atoms with E-state index in [9.17, 15) is 4.79 Å². The fourth-order valence-corrected chi connectivity index (χ4v) is 2.20. The second-order valence-corrected chi connectivity index (χ2v) is 5.14. The molecule has 0 aliphatic rings. The van der Waals surface area contributed by atoms with Crippen molar-refractivity contribution >= 4 is 40.6 Å². The molecular weight excluding hydrogens is 307 g/mol. The molecular formula is C14H9Cl3O2. The number of carbonyl (C=O) groups excluding carboxylic acids is 1. The maximum atomic E-state index is 11.9. The van der Waals surface area contributed by atoms with Gasteiger partial charge < -0.3 is 4.74 Å². The van der Waals surface area contributed by atoms with Gasteiger partial charge in [0.25, 0.3) is 0 Å². The Labute approximate surface area is 125 Å². The van der Waals surface area contributed by atoms with Crippen LogP contribution in [0.25, 0.3) is 0 Å². The summed E-state index contributed by atoms with van der Waals surface area (Å²) in [5.74, 6) is 0.284. The number of hydrogen-bond acceptors (Lipinski definition) is 2. The minimum absolute atomic E-state index is 0.100. The first kappa shape index (κ1) is 14.2. The third-order valence-corrected chi connectivity index (χ3v) is 3.02. The van der Waals surface area contributed by atoms with Crippen molar-refractivity contribution in [2.24, 2.45) is 0 Å². The van der Waals surface area contributed by atoms with Crippen LogP contribution in [-0.2, 0) is 0 Å². The molecule has 0 bridgehead atoms. The highest BCUT2D eigenvalue weighted by Crippen LogP contribution is 2.24. The molecule has 0 saturated heterocycles. The summed E-state index contributed by atoms with van der Waals surface area (Å²) in [4.78, 5) is 11.9. The van der Waals surface area contributed by atoms with Crippen molar-refractivity contribution in [2.75, 3.05) is 6.61 Å². The van der Waals surface area contributed by atoms with Crippen LogP contribution in [-0.4, -0.2) is 12.4 Å². The Kier molecular flexibility index (Phi) is 4.70. The summed E-state index contributed by atoms with van der Waals surface area (Å²) < 4.78 is 5.36. The highest BCUT2D eigenvalue weighted by atomic mass is 35.5. The van der Waals surface area contributed by atoms with Crippen LogP contribution in [0, 0.1) is 0 Å². The summed E-state index contributed by atoms with van der Waals surface area (Å²) in [7, 11) is 0. The Morgan fingerprint density at radius 1 is 0.947 bits per heavy atom. The second kappa shape index (κ2) is 6.29. The van der Waals surface area contributed by atoms with Gasteiger partial charge in [0.2, 0.25) is 0 Å². The molecule has 98 valence electrons. The van der Waals surface area contributed by atoms with Gasteiger partial charge in [-0.05, 0) is 30.3 Å². The largest absolute Gasteiger partial charge is 0.485 e. The lowest BCUT2D eigenvalue weighted by Crippen LogP contribution is -2.11. The Morgan fingerprint density at radius 3 is 2.26 bits per heavy atom. The Hall–Kier alpha value is -1.22. The molecule has 0 aliphatic carbocycles. The van der Waals surface area contributed by atoms with Crippen LogP contribution < -0.4 is 4.74 Å². The minimum Gasteiger partial charge on any atom is -0.485 e. The minimum atomic E-state index is -0.168. The van der Waals surface area contributed by atoms with Gasteiger partial charge in [0.05, 0.1) is 0 Å². The molecule has 2 nitrogen and oxygen atoms in total. The van der Waals surface area contributed by atoms with Crippen molar-refractivity contribution in [3.05, 3.63) is 63.1 Å². The first-order valence-corrected chi connectivity index (χ1v) is 6.55. The zero-order valence-corrected chi connectivity index (χ0v) is 12.0. The molecule has 0 heterocycles. The molecule has 0 atom stereocenters. The van der Waals surface area contributed by atoms with E-state index in [-0.39, 0.29) is 12.4 Å². The number of rotatable bonds is 4. The van der Waals surface area contributed by atoms with E-state index in [1.807, 2.05) is 0 Å². The monoisotopic (exact) mass is 314 g/mol. The first-order chi connectivity index (χ1) is 9.04.